The minimum Gasteiger partial charge on any atom is -0.356 e. The van der Waals surface area contributed by atoms with Crippen LogP contribution in [0.25, 0.3) is 0 Å². The molecule has 1 heterocycles. The monoisotopic (exact) mass is 359 g/mol. The van der Waals surface area contributed by atoms with Crippen molar-refractivity contribution >= 4 is 5.96 Å². The summed E-state index contributed by atoms with van der Waals surface area (Å²) in [5, 5.41) is 6.92. The fraction of sp³-hybridized carbons (Fsp3) is 0.667. The van der Waals surface area contributed by atoms with Gasteiger partial charge in [0.1, 0.15) is 0 Å². The maximum Gasteiger partial charge on any atom is 0.191 e. The number of hydrogen-bond acceptors (Lipinski definition) is 3. The molecule has 2 rings (SSSR count). The molecule has 0 aliphatic carbocycles. The molecule has 1 saturated heterocycles. The van der Waals surface area contributed by atoms with Crippen molar-refractivity contribution in [3.05, 3.63) is 34.9 Å². The Balaban J connectivity index is 1.71. The highest BCUT2D eigenvalue weighted by molar-refractivity contribution is 5.79. The molecule has 1 aliphatic heterocycles. The number of hydrogen-bond donors (Lipinski definition) is 2. The Morgan fingerprint density at radius 3 is 2.42 bits per heavy atom. The zero-order chi connectivity index (χ0) is 18.9. The van der Waals surface area contributed by atoms with Crippen molar-refractivity contribution in [3.8, 4) is 0 Å². The number of nitrogens with zero attached hydrogens (tertiary/aromatic N) is 3. The molecular weight excluding hydrogens is 322 g/mol. The first-order chi connectivity index (χ1) is 12.5. The second-order valence-corrected chi connectivity index (χ2v) is 7.58. The quantitative estimate of drug-likeness (QED) is 0.579. The van der Waals surface area contributed by atoms with Gasteiger partial charge in [0.15, 0.2) is 5.96 Å². The Morgan fingerprint density at radius 1 is 1.12 bits per heavy atom. The Labute approximate surface area is 159 Å². The summed E-state index contributed by atoms with van der Waals surface area (Å²) >= 11 is 0. The van der Waals surface area contributed by atoms with Crippen LogP contribution in [0.1, 0.15) is 30.5 Å². The van der Waals surface area contributed by atoms with E-state index in [9.17, 15) is 0 Å². The van der Waals surface area contributed by atoms with Crippen LogP contribution in [0.4, 0.5) is 0 Å². The van der Waals surface area contributed by atoms with Crippen LogP contribution in [0.3, 0.4) is 0 Å². The van der Waals surface area contributed by atoms with Gasteiger partial charge in [-0.25, -0.2) is 0 Å². The van der Waals surface area contributed by atoms with Crippen LogP contribution in [0, 0.1) is 19.8 Å². The van der Waals surface area contributed by atoms with Crippen molar-refractivity contribution in [2.45, 2.75) is 34.2 Å². The van der Waals surface area contributed by atoms with Crippen molar-refractivity contribution in [1.29, 1.82) is 0 Å². The molecule has 0 saturated carbocycles. The maximum atomic E-state index is 4.36. The van der Waals surface area contributed by atoms with Gasteiger partial charge in [-0.05, 0) is 37.4 Å². The lowest BCUT2D eigenvalue weighted by atomic mass is 10.1. The van der Waals surface area contributed by atoms with Crippen LogP contribution in [-0.2, 0) is 6.54 Å². The topological polar surface area (TPSA) is 42.9 Å². The summed E-state index contributed by atoms with van der Waals surface area (Å²) in [4.78, 5) is 9.48. The Kier molecular flexibility index (Phi) is 8.39. The van der Waals surface area contributed by atoms with Gasteiger partial charge < -0.3 is 20.4 Å². The number of benzene rings is 1. The minimum absolute atomic E-state index is 0.600. The molecule has 0 amide bonds. The van der Waals surface area contributed by atoms with Crippen molar-refractivity contribution in [3.63, 3.8) is 0 Å². The van der Waals surface area contributed by atoms with Gasteiger partial charge in [0, 0.05) is 52.9 Å². The molecule has 0 spiro atoms. The molecule has 5 heteroatoms. The van der Waals surface area contributed by atoms with E-state index >= 15 is 0 Å². The third-order valence-electron chi connectivity index (χ3n) is 5.27. The molecule has 1 unspecified atom stereocenters. The zero-order valence-corrected chi connectivity index (χ0v) is 17.3. The number of nitrogens with one attached hydrogen (secondary N) is 2. The molecule has 2 N–H and O–H groups in total. The number of likely N-dealkylation sites (N-methyl/N-ethyl adjacent to an activating group) is 1. The summed E-state index contributed by atoms with van der Waals surface area (Å²) in [7, 11) is 1.84. The Bertz CT molecular complexity index is 576. The first-order valence-electron chi connectivity index (χ1n) is 9.97. The van der Waals surface area contributed by atoms with Crippen LogP contribution in [0.15, 0.2) is 23.2 Å². The second kappa shape index (κ2) is 10.5. The highest BCUT2D eigenvalue weighted by Gasteiger charge is 2.17. The van der Waals surface area contributed by atoms with E-state index in [1.165, 1.54) is 49.4 Å². The van der Waals surface area contributed by atoms with Gasteiger partial charge in [-0.3, -0.25) is 4.99 Å². The Hall–Kier alpha value is -1.59. The lowest BCUT2D eigenvalue weighted by Crippen LogP contribution is -2.48. The molecule has 0 aromatic heterocycles. The van der Waals surface area contributed by atoms with Gasteiger partial charge in [0.25, 0.3) is 0 Å². The Morgan fingerprint density at radius 2 is 1.81 bits per heavy atom. The zero-order valence-electron chi connectivity index (χ0n) is 17.3. The van der Waals surface area contributed by atoms with Gasteiger partial charge in [-0.2, -0.15) is 0 Å². The largest absolute Gasteiger partial charge is 0.356 e. The van der Waals surface area contributed by atoms with Crippen molar-refractivity contribution in [2.24, 2.45) is 10.9 Å². The fourth-order valence-corrected chi connectivity index (χ4v) is 3.51. The summed E-state index contributed by atoms with van der Waals surface area (Å²) in [5.41, 5.74) is 3.95. The summed E-state index contributed by atoms with van der Waals surface area (Å²) in [6, 6.07) is 6.59. The number of guanidine groups is 1. The predicted octanol–water partition coefficient (Wildman–Crippen LogP) is 2.24. The normalized spacial score (nSPS) is 18.0. The van der Waals surface area contributed by atoms with Crippen LogP contribution >= 0.6 is 0 Å². The van der Waals surface area contributed by atoms with E-state index in [2.05, 4.69) is 71.3 Å². The summed E-state index contributed by atoms with van der Waals surface area (Å²) in [6.45, 7) is 17.7. The van der Waals surface area contributed by atoms with Gasteiger partial charge in [0.05, 0.1) is 0 Å². The lowest BCUT2D eigenvalue weighted by Gasteiger charge is -2.35. The van der Waals surface area contributed by atoms with Gasteiger partial charge in [-0.1, -0.05) is 37.6 Å². The molecular formula is C21H37N5. The molecule has 1 fully saturated rings. The average Bonchev–Trinajstić information content (AvgIpc) is 2.64. The molecule has 5 nitrogen and oxygen atoms in total. The molecule has 0 bridgehead atoms. The summed E-state index contributed by atoms with van der Waals surface area (Å²) in [5.74, 6) is 1.48. The second-order valence-electron chi connectivity index (χ2n) is 7.58. The molecule has 1 aromatic carbocycles. The number of aliphatic imine (C=N–C) groups is 1. The van der Waals surface area contributed by atoms with E-state index in [-0.39, 0.29) is 0 Å². The van der Waals surface area contributed by atoms with Gasteiger partial charge in [-0.15, -0.1) is 0 Å². The van der Waals surface area contributed by atoms with Gasteiger partial charge >= 0.3 is 0 Å². The molecule has 1 atom stereocenters. The van der Waals surface area contributed by atoms with Crippen molar-refractivity contribution < 1.29 is 0 Å². The van der Waals surface area contributed by atoms with Crippen LogP contribution in [-0.4, -0.2) is 68.6 Å². The number of aryl methyl sites for hydroxylation is 2. The van der Waals surface area contributed by atoms with Gasteiger partial charge in [0.2, 0.25) is 0 Å². The number of piperazine rings is 1. The highest BCUT2D eigenvalue weighted by atomic mass is 15.3. The molecule has 26 heavy (non-hydrogen) atoms. The third kappa shape index (κ3) is 6.61. The summed E-state index contributed by atoms with van der Waals surface area (Å²) < 4.78 is 0. The fourth-order valence-electron chi connectivity index (χ4n) is 3.51. The maximum absolute atomic E-state index is 4.36. The minimum atomic E-state index is 0.600. The number of rotatable bonds is 7. The van der Waals surface area contributed by atoms with E-state index in [4.69, 9.17) is 0 Å². The SMILES string of the molecule is CCN1CCN(CC(C)CNC(=NC)NCc2ccc(C)cc2C)CC1. The van der Waals surface area contributed by atoms with E-state index in [1.54, 1.807) is 0 Å². The highest BCUT2D eigenvalue weighted by Crippen LogP contribution is 2.10. The molecule has 0 radical (unpaired) electrons. The first kappa shape index (κ1) is 20.7. The smallest absolute Gasteiger partial charge is 0.191 e. The van der Waals surface area contributed by atoms with Crippen LogP contribution in [0.2, 0.25) is 0 Å². The summed E-state index contributed by atoms with van der Waals surface area (Å²) in [6.07, 6.45) is 0. The lowest BCUT2D eigenvalue weighted by molar-refractivity contribution is 0.124. The molecule has 146 valence electrons. The first-order valence-corrected chi connectivity index (χ1v) is 9.97. The standard InChI is InChI=1S/C21H37N5/c1-6-25-9-11-26(12-10-25)16-18(3)14-23-21(22-5)24-15-20-8-7-17(2)13-19(20)4/h7-8,13,18H,6,9-12,14-16H2,1-5H3,(H2,22,23,24). The van der Waals surface area contributed by atoms with E-state index in [0.29, 0.717) is 5.92 Å². The third-order valence-corrected chi connectivity index (χ3v) is 5.27. The average molecular weight is 360 g/mol. The predicted molar refractivity (Wildman–Crippen MR) is 112 cm³/mol. The molecule has 1 aliphatic rings. The molecule has 1 aromatic rings. The van der Waals surface area contributed by atoms with E-state index in [1.807, 2.05) is 7.05 Å². The van der Waals surface area contributed by atoms with E-state index in [0.717, 1.165) is 25.6 Å². The van der Waals surface area contributed by atoms with Crippen molar-refractivity contribution in [1.82, 2.24) is 20.4 Å². The van der Waals surface area contributed by atoms with E-state index < -0.39 is 0 Å². The van der Waals surface area contributed by atoms with Crippen LogP contribution < -0.4 is 10.6 Å². The van der Waals surface area contributed by atoms with Crippen molar-refractivity contribution in [2.75, 3.05) is 52.9 Å². The van der Waals surface area contributed by atoms with Crippen LogP contribution in [0.5, 0.6) is 0 Å².